The van der Waals surface area contributed by atoms with E-state index in [1.165, 1.54) is 24.5 Å². The first kappa shape index (κ1) is 23.4. The SMILES string of the molecule is CC.CCN(C(=O)c1cccc(F)c1-n1nccn1)[C@@H](C)CNc1ncc(Br)cn1. The number of halogens is 2. The summed E-state index contributed by atoms with van der Waals surface area (Å²) in [5.74, 6) is -0.404. The lowest BCUT2D eigenvalue weighted by Crippen LogP contribution is -2.42. The smallest absolute Gasteiger partial charge is 0.256 e. The summed E-state index contributed by atoms with van der Waals surface area (Å²) >= 11 is 3.29. The molecular formula is C20H25BrFN7O. The highest BCUT2D eigenvalue weighted by Crippen LogP contribution is 2.20. The molecule has 1 atom stereocenters. The second-order valence-electron chi connectivity index (χ2n) is 6.00. The molecule has 0 radical (unpaired) electrons. The number of amides is 1. The van der Waals surface area contributed by atoms with Crippen molar-refractivity contribution in [1.29, 1.82) is 0 Å². The molecule has 2 heterocycles. The predicted molar refractivity (Wildman–Crippen MR) is 117 cm³/mol. The highest BCUT2D eigenvalue weighted by atomic mass is 79.9. The number of nitrogens with one attached hydrogen (secondary N) is 1. The summed E-state index contributed by atoms with van der Waals surface area (Å²) in [4.78, 5) is 24.2. The summed E-state index contributed by atoms with van der Waals surface area (Å²) in [6.45, 7) is 8.66. The molecule has 30 heavy (non-hydrogen) atoms. The second-order valence-corrected chi connectivity index (χ2v) is 6.92. The number of anilines is 1. The van der Waals surface area contributed by atoms with Gasteiger partial charge in [0.15, 0.2) is 5.82 Å². The van der Waals surface area contributed by atoms with E-state index in [-0.39, 0.29) is 23.2 Å². The number of likely N-dealkylation sites (N-methyl/N-ethyl adjacent to an activating group) is 1. The van der Waals surface area contributed by atoms with E-state index in [9.17, 15) is 9.18 Å². The average molecular weight is 478 g/mol. The Morgan fingerprint density at radius 1 is 1.23 bits per heavy atom. The lowest BCUT2D eigenvalue weighted by atomic mass is 10.1. The number of nitrogens with zero attached hydrogens (tertiary/aromatic N) is 6. The van der Waals surface area contributed by atoms with E-state index in [4.69, 9.17) is 0 Å². The third kappa shape index (κ3) is 5.59. The van der Waals surface area contributed by atoms with Gasteiger partial charge in [-0.1, -0.05) is 19.9 Å². The summed E-state index contributed by atoms with van der Waals surface area (Å²) in [6.07, 6.45) is 6.14. The van der Waals surface area contributed by atoms with Crippen LogP contribution >= 0.6 is 15.9 Å². The van der Waals surface area contributed by atoms with Crippen molar-refractivity contribution in [2.75, 3.05) is 18.4 Å². The zero-order valence-electron chi connectivity index (χ0n) is 17.4. The van der Waals surface area contributed by atoms with E-state index in [1.54, 1.807) is 23.4 Å². The lowest BCUT2D eigenvalue weighted by Gasteiger charge is -2.29. The normalized spacial score (nSPS) is 11.3. The summed E-state index contributed by atoms with van der Waals surface area (Å²) in [5.41, 5.74) is 0.233. The molecule has 10 heteroatoms. The van der Waals surface area contributed by atoms with Crippen LogP contribution in [0.25, 0.3) is 5.69 Å². The first-order chi connectivity index (χ1) is 14.5. The molecule has 0 aliphatic rings. The first-order valence-corrected chi connectivity index (χ1v) is 10.5. The molecule has 2 aromatic heterocycles. The Hall–Kier alpha value is -2.88. The van der Waals surface area contributed by atoms with E-state index >= 15 is 0 Å². The zero-order valence-corrected chi connectivity index (χ0v) is 19.0. The summed E-state index contributed by atoms with van der Waals surface area (Å²) in [6, 6.07) is 4.17. The van der Waals surface area contributed by atoms with Crippen LogP contribution in [0.2, 0.25) is 0 Å². The van der Waals surface area contributed by atoms with Gasteiger partial charge in [0, 0.05) is 31.5 Å². The number of para-hydroxylation sites is 1. The maximum absolute atomic E-state index is 14.4. The molecule has 1 amide bonds. The Labute approximate surface area is 183 Å². The van der Waals surface area contributed by atoms with Gasteiger partial charge in [0.1, 0.15) is 5.69 Å². The van der Waals surface area contributed by atoms with Crippen molar-refractivity contribution < 1.29 is 9.18 Å². The standard InChI is InChI=1S/C18H19BrFN7O.C2H6/c1-3-26(12(2)9-21-18-22-10-13(19)11-23-18)17(28)14-5-4-6-15(20)16(14)27-24-7-8-25-27;1-2/h4-8,10-12H,3,9H2,1-2H3,(H,21,22,23);1-2H3/t12-;/m0./s1. The molecule has 0 aliphatic heterocycles. The van der Waals surface area contributed by atoms with Gasteiger partial charge < -0.3 is 10.2 Å². The Kier molecular flexibility index (Phi) is 8.85. The molecule has 0 fully saturated rings. The van der Waals surface area contributed by atoms with Gasteiger partial charge in [0.25, 0.3) is 5.91 Å². The molecule has 0 bridgehead atoms. The number of hydrogen-bond donors (Lipinski definition) is 1. The number of carbonyl (C=O) groups excluding carboxylic acids is 1. The van der Waals surface area contributed by atoms with Crippen LogP contribution in [-0.4, -0.2) is 54.9 Å². The van der Waals surface area contributed by atoms with Crippen molar-refractivity contribution in [2.24, 2.45) is 0 Å². The number of rotatable bonds is 7. The molecule has 0 saturated carbocycles. The number of benzene rings is 1. The van der Waals surface area contributed by atoms with Crippen molar-refractivity contribution in [2.45, 2.75) is 33.7 Å². The summed E-state index contributed by atoms with van der Waals surface area (Å²) in [7, 11) is 0. The predicted octanol–water partition coefficient (Wildman–Crippen LogP) is 3.95. The molecule has 3 aromatic rings. The third-order valence-electron chi connectivity index (χ3n) is 4.15. The van der Waals surface area contributed by atoms with Gasteiger partial charge in [-0.25, -0.2) is 14.4 Å². The van der Waals surface area contributed by atoms with Gasteiger partial charge in [0.05, 0.1) is 22.4 Å². The van der Waals surface area contributed by atoms with Crippen LogP contribution in [0.3, 0.4) is 0 Å². The van der Waals surface area contributed by atoms with Crippen LogP contribution in [0.1, 0.15) is 38.1 Å². The van der Waals surface area contributed by atoms with Crippen LogP contribution in [0, 0.1) is 5.82 Å². The van der Waals surface area contributed by atoms with Gasteiger partial charge in [-0.05, 0) is 41.9 Å². The maximum Gasteiger partial charge on any atom is 0.256 e. The topological polar surface area (TPSA) is 88.8 Å². The minimum Gasteiger partial charge on any atom is -0.352 e. The molecule has 1 N–H and O–H groups in total. The summed E-state index contributed by atoms with van der Waals surface area (Å²) in [5, 5.41) is 11.0. The minimum atomic E-state index is -0.563. The maximum atomic E-state index is 14.4. The molecule has 0 unspecified atom stereocenters. The van der Waals surface area contributed by atoms with Gasteiger partial charge in [-0.15, -0.1) is 4.80 Å². The van der Waals surface area contributed by atoms with Crippen molar-refractivity contribution in [1.82, 2.24) is 29.9 Å². The first-order valence-electron chi connectivity index (χ1n) is 9.68. The third-order valence-corrected chi connectivity index (χ3v) is 4.55. The molecular weight excluding hydrogens is 453 g/mol. The zero-order chi connectivity index (χ0) is 22.1. The Morgan fingerprint density at radius 2 is 1.87 bits per heavy atom. The Balaban J connectivity index is 0.00000155. The highest BCUT2D eigenvalue weighted by molar-refractivity contribution is 9.10. The molecule has 0 spiro atoms. The van der Waals surface area contributed by atoms with Crippen LogP contribution < -0.4 is 5.32 Å². The molecule has 0 saturated heterocycles. The summed E-state index contributed by atoms with van der Waals surface area (Å²) < 4.78 is 15.2. The van der Waals surface area contributed by atoms with Gasteiger partial charge >= 0.3 is 0 Å². The van der Waals surface area contributed by atoms with E-state index in [1.807, 2.05) is 27.7 Å². The van der Waals surface area contributed by atoms with Crippen LogP contribution in [0.5, 0.6) is 0 Å². The fourth-order valence-corrected chi connectivity index (χ4v) is 2.99. The van der Waals surface area contributed by atoms with Crippen molar-refractivity contribution in [3.8, 4) is 5.69 Å². The van der Waals surface area contributed by atoms with E-state index in [2.05, 4.69) is 41.4 Å². The lowest BCUT2D eigenvalue weighted by molar-refractivity contribution is 0.0711. The second kappa shape index (κ2) is 11.3. The Morgan fingerprint density at radius 3 is 2.47 bits per heavy atom. The van der Waals surface area contributed by atoms with Crippen molar-refractivity contribution in [3.63, 3.8) is 0 Å². The molecule has 3 rings (SSSR count). The average Bonchev–Trinajstić information content (AvgIpc) is 3.29. The van der Waals surface area contributed by atoms with E-state index in [0.717, 1.165) is 9.27 Å². The fourth-order valence-electron chi connectivity index (χ4n) is 2.79. The van der Waals surface area contributed by atoms with Gasteiger partial charge in [-0.2, -0.15) is 10.2 Å². The van der Waals surface area contributed by atoms with Crippen molar-refractivity contribution >= 4 is 27.8 Å². The van der Waals surface area contributed by atoms with Gasteiger partial charge in [0.2, 0.25) is 5.95 Å². The van der Waals surface area contributed by atoms with E-state index in [0.29, 0.717) is 19.0 Å². The van der Waals surface area contributed by atoms with Crippen LogP contribution in [0.4, 0.5) is 10.3 Å². The van der Waals surface area contributed by atoms with Crippen molar-refractivity contribution in [3.05, 3.63) is 58.8 Å². The molecule has 0 aliphatic carbocycles. The number of carbonyl (C=O) groups is 1. The fraction of sp³-hybridized carbons (Fsp3) is 0.350. The van der Waals surface area contributed by atoms with Gasteiger partial charge in [-0.3, -0.25) is 4.79 Å². The highest BCUT2D eigenvalue weighted by Gasteiger charge is 2.25. The molecule has 1 aromatic carbocycles. The van der Waals surface area contributed by atoms with Crippen LogP contribution in [0.15, 0.2) is 47.5 Å². The molecule has 160 valence electrons. The molecule has 8 nitrogen and oxygen atoms in total. The van der Waals surface area contributed by atoms with E-state index < -0.39 is 5.82 Å². The quantitative estimate of drug-likeness (QED) is 0.554. The largest absolute Gasteiger partial charge is 0.352 e. The number of hydrogen-bond acceptors (Lipinski definition) is 6. The number of aromatic nitrogens is 5. The monoisotopic (exact) mass is 477 g/mol. The minimum absolute atomic E-state index is 0.0346. The Bertz CT molecular complexity index is 935. The van der Waals surface area contributed by atoms with Crippen LogP contribution in [-0.2, 0) is 0 Å².